The maximum atomic E-state index is 6.02. The average Bonchev–Trinajstić information content (AvgIpc) is 3.21. The lowest BCUT2D eigenvalue weighted by molar-refractivity contribution is 0.188. The van der Waals surface area contributed by atoms with E-state index < -0.39 is 0 Å². The Morgan fingerprint density at radius 1 is 1.00 bits per heavy atom. The molecule has 0 saturated carbocycles. The highest BCUT2D eigenvalue weighted by molar-refractivity contribution is 5.75. The molecule has 0 fully saturated rings. The van der Waals surface area contributed by atoms with Crippen molar-refractivity contribution in [1.82, 2.24) is 14.9 Å². The molecule has 2 heterocycles. The normalized spacial score (nSPS) is 20.5. The van der Waals surface area contributed by atoms with Gasteiger partial charge in [0.05, 0.1) is 23.6 Å². The van der Waals surface area contributed by atoms with E-state index in [1.807, 2.05) is 24.4 Å². The maximum absolute atomic E-state index is 6.02. The van der Waals surface area contributed by atoms with Gasteiger partial charge in [-0.25, -0.2) is 4.98 Å². The summed E-state index contributed by atoms with van der Waals surface area (Å²) in [4.78, 5) is 15.5. The molecule has 3 aromatic rings. The van der Waals surface area contributed by atoms with Gasteiger partial charge in [-0.05, 0) is 47.8 Å². The number of nitrogens with one attached hydrogen (secondary N) is 1. The van der Waals surface area contributed by atoms with E-state index in [-0.39, 0.29) is 0 Å². The molecule has 1 aliphatic heterocycles. The summed E-state index contributed by atoms with van der Waals surface area (Å²) in [5.41, 5.74) is 11.9. The van der Waals surface area contributed by atoms with Gasteiger partial charge in [0.15, 0.2) is 0 Å². The summed E-state index contributed by atoms with van der Waals surface area (Å²) in [7, 11) is 0. The number of para-hydroxylation sites is 2. The number of fused-ring (bicyclic) bond motifs is 2. The molecule has 5 nitrogen and oxygen atoms in total. The third-order valence-corrected chi connectivity index (χ3v) is 6.12. The van der Waals surface area contributed by atoms with Crippen molar-refractivity contribution in [3.8, 4) is 0 Å². The van der Waals surface area contributed by atoms with Crippen LogP contribution in [-0.4, -0.2) is 33.2 Å². The Kier molecular flexibility index (Phi) is 5.30. The lowest BCUT2D eigenvalue weighted by Crippen LogP contribution is -2.37. The quantitative estimate of drug-likeness (QED) is 0.657. The molecular weight excluding hydrogens is 370 g/mol. The monoisotopic (exact) mass is 397 g/mol. The fourth-order valence-corrected chi connectivity index (χ4v) is 4.53. The predicted octanol–water partition coefficient (Wildman–Crippen LogP) is 4.12. The van der Waals surface area contributed by atoms with Crippen LogP contribution in [0.15, 0.2) is 77.3 Å². The first-order chi connectivity index (χ1) is 14.8. The highest BCUT2D eigenvalue weighted by Crippen LogP contribution is 2.29. The van der Waals surface area contributed by atoms with Gasteiger partial charge in [-0.2, -0.15) is 0 Å². The molecule has 1 aromatic heterocycles. The van der Waals surface area contributed by atoms with E-state index in [4.69, 9.17) is 10.7 Å². The summed E-state index contributed by atoms with van der Waals surface area (Å²) in [6.45, 7) is 2.16. The van der Waals surface area contributed by atoms with Gasteiger partial charge in [-0.15, -0.1) is 0 Å². The molecule has 2 atom stereocenters. The van der Waals surface area contributed by atoms with E-state index in [1.165, 1.54) is 16.7 Å². The number of aromatic amines is 1. The Morgan fingerprint density at radius 2 is 1.83 bits per heavy atom. The van der Waals surface area contributed by atoms with Gasteiger partial charge in [0.25, 0.3) is 0 Å². The lowest BCUT2D eigenvalue weighted by atomic mass is 9.89. The standard InChI is InChI=1S/C25H27N5/c26-15-19-6-1-2-7-20(19)16-30(17-25-28-23-9-3-4-10-24(23)29-25)21-11-12-22-18(14-21)8-5-13-27-22/h1-10,13-14,21-22H,11-12,15-17,26H2,(H,28,29)/t21?,22-/m0/s1. The zero-order valence-electron chi connectivity index (χ0n) is 17.0. The van der Waals surface area contributed by atoms with Gasteiger partial charge in [0.2, 0.25) is 0 Å². The van der Waals surface area contributed by atoms with Gasteiger partial charge in [-0.1, -0.05) is 48.6 Å². The van der Waals surface area contributed by atoms with Gasteiger partial charge in [-0.3, -0.25) is 9.89 Å². The average molecular weight is 398 g/mol. The summed E-state index contributed by atoms with van der Waals surface area (Å²) in [5.74, 6) is 0.999. The number of imidazole rings is 1. The van der Waals surface area contributed by atoms with Crippen molar-refractivity contribution in [2.45, 2.75) is 44.6 Å². The fourth-order valence-electron chi connectivity index (χ4n) is 4.53. The Balaban J connectivity index is 1.47. The molecule has 0 spiro atoms. The smallest absolute Gasteiger partial charge is 0.121 e. The first kappa shape index (κ1) is 19.0. The van der Waals surface area contributed by atoms with Crippen LogP contribution in [0, 0.1) is 0 Å². The van der Waals surface area contributed by atoms with Crippen molar-refractivity contribution in [3.05, 3.63) is 89.3 Å². The van der Waals surface area contributed by atoms with Crippen LogP contribution in [0.25, 0.3) is 11.0 Å². The molecule has 5 rings (SSSR count). The van der Waals surface area contributed by atoms with Crippen molar-refractivity contribution in [2.75, 3.05) is 0 Å². The summed E-state index contributed by atoms with van der Waals surface area (Å²) >= 11 is 0. The first-order valence-corrected chi connectivity index (χ1v) is 10.7. The lowest BCUT2D eigenvalue weighted by Gasteiger charge is -2.35. The Morgan fingerprint density at radius 3 is 2.70 bits per heavy atom. The second kappa shape index (κ2) is 8.38. The number of benzene rings is 2. The molecule has 152 valence electrons. The van der Waals surface area contributed by atoms with Gasteiger partial charge in [0.1, 0.15) is 5.82 Å². The molecule has 3 N–H and O–H groups in total. The van der Waals surface area contributed by atoms with Crippen LogP contribution >= 0.6 is 0 Å². The van der Waals surface area contributed by atoms with Crippen molar-refractivity contribution >= 4 is 17.2 Å². The van der Waals surface area contributed by atoms with Crippen molar-refractivity contribution < 1.29 is 0 Å². The van der Waals surface area contributed by atoms with E-state index in [1.54, 1.807) is 0 Å². The minimum atomic E-state index is 0.315. The number of rotatable bonds is 6. The molecule has 0 radical (unpaired) electrons. The summed E-state index contributed by atoms with van der Waals surface area (Å²) < 4.78 is 0. The minimum Gasteiger partial charge on any atom is -0.341 e. The fraction of sp³-hybridized carbons (Fsp3) is 0.280. The number of allylic oxidation sites excluding steroid dienone is 1. The molecule has 0 saturated heterocycles. The van der Waals surface area contributed by atoms with Crippen LogP contribution in [0.4, 0.5) is 0 Å². The number of aromatic nitrogens is 2. The van der Waals surface area contributed by atoms with Crippen LogP contribution in [0.5, 0.6) is 0 Å². The van der Waals surface area contributed by atoms with Crippen LogP contribution < -0.4 is 5.73 Å². The van der Waals surface area contributed by atoms with E-state index in [0.29, 0.717) is 18.6 Å². The molecule has 0 bridgehead atoms. The Labute approximate surface area is 177 Å². The van der Waals surface area contributed by atoms with Gasteiger partial charge < -0.3 is 10.7 Å². The largest absolute Gasteiger partial charge is 0.341 e. The molecule has 0 amide bonds. The molecule has 1 aliphatic carbocycles. The first-order valence-electron chi connectivity index (χ1n) is 10.7. The van der Waals surface area contributed by atoms with E-state index >= 15 is 0 Å². The van der Waals surface area contributed by atoms with E-state index in [0.717, 1.165) is 42.8 Å². The Hall–Kier alpha value is -3.02. The van der Waals surface area contributed by atoms with Crippen LogP contribution in [-0.2, 0) is 19.6 Å². The molecule has 2 aliphatic rings. The van der Waals surface area contributed by atoms with Crippen molar-refractivity contribution in [2.24, 2.45) is 10.7 Å². The highest BCUT2D eigenvalue weighted by Gasteiger charge is 2.27. The second-order valence-electron chi connectivity index (χ2n) is 8.06. The zero-order chi connectivity index (χ0) is 20.3. The topological polar surface area (TPSA) is 70.3 Å². The van der Waals surface area contributed by atoms with Crippen LogP contribution in [0.1, 0.15) is 29.8 Å². The van der Waals surface area contributed by atoms with Gasteiger partial charge in [0, 0.05) is 25.3 Å². The van der Waals surface area contributed by atoms with Crippen molar-refractivity contribution in [3.63, 3.8) is 0 Å². The number of aliphatic imine (C=N–C) groups is 1. The molecule has 1 unspecified atom stereocenters. The maximum Gasteiger partial charge on any atom is 0.121 e. The number of dihydropyridines is 1. The highest BCUT2D eigenvalue weighted by atomic mass is 15.2. The van der Waals surface area contributed by atoms with Crippen LogP contribution in [0.3, 0.4) is 0 Å². The molecular formula is C25H27N5. The van der Waals surface area contributed by atoms with Crippen molar-refractivity contribution in [1.29, 1.82) is 0 Å². The second-order valence-corrected chi connectivity index (χ2v) is 8.06. The summed E-state index contributed by atoms with van der Waals surface area (Å²) in [6, 6.07) is 17.4. The third-order valence-electron chi connectivity index (χ3n) is 6.12. The number of H-pyrrole nitrogens is 1. The molecule has 2 aromatic carbocycles. The molecule has 30 heavy (non-hydrogen) atoms. The van der Waals surface area contributed by atoms with E-state index in [2.05, 4.69) is 63.4 Å². The van der Waals surface area contributed by atoms with Crippen LogP contribution in [0.2, 0.25) is 0 Å². The van der Waals surface area contributed by atoms with E-state index in [9.17, 15) is 0 Å². The number of nitrogens with two attached hydrogens (primary N) is 1. The zero-order valence-corrected chi connectivity index (χ0v) is 17.0. The predicted molar refractivity (Wildman–Crippen MR) is 122 cm³/mol. The number of hydrogen-bond acceptors (Lipinski definition) is 4. The SMILES string of the molecule is NCc1ccccc1CN(Cc1nc2ccccc2[nH]1)C1C=C2C=CC=N[C@H]2CC1. The molecule has 5 heteroatoms. The minimum absolute atomic E-state index is 0.315. The summed E-state index contributed by atoms with van der Waals surface area (Å²) in [5, 5.41) is 0. The van der Waals surface area contributed by atoms with Gasteiger partial charge >= 0.3 is 0 Å². The number of nitrogens with zero attached hydrogens (tertiary/aromatic N) is 3. The number of hydrogen-bond donors (Lipinski definition) is 2. The Bertz CT molecular complexity index is 1090. The summed E-state index contributed by atoms with van der Waals surface area (Å²) in [6.07, 6.45) is 10.7. The third kappa shape index (κ3) is 3.86.